The van der Waals surface area contributed by atoms with Gasteiger partial charge in [0, 0.05) is 24.5 Å². The van der Waals surface area contributed by atoms with Crippen LogP contribution in [0.1, 0.15) is 31.7 Å². The van der Waals surface area contributed by atoms with Crippen LogP contribution in [0.25, 0.3) is 0 Å². The van der Waals surface area contributed by atoms with Gasteiger partial charge in [0.2, 0.25) is 5.91 Å². The van der Waals surface area contributed by atoms with Crippen molar-refractivity contribution in [1.29, 1.82) is 0 Å². The van der Waals surface area contributed by atoms with Gasteiger partial charge in [0.05, 0.1) is 0 Å². The molecule has 7 nitrogen and oxygen atoms in total. The zero-order valence-electron chi connectivity index (χ0n) is 17.4. The summed E-state index contributed by atoms with van der Waals surface area (Å²) in [7, 11) is 0. The number of halogens is 1. The summed E-state index contributed by atoms with van der Waals surface area (Å²) < 4.78 is 13.2. The number of hydrogen-bond acceptors (Lipinski definition) is 4. The average Bonchev–Trinajstić information content (AvgIpc) is 2.99. The molecule has 1 atom stereocenters. The van der Waals surface area contributed by atoms with Crippen molar-refractivity contribution in [2.75, 3.05) is 29.9 Å². The van der Waals surface area contributed by atoms with Crippen molar-refractivity contribution in [1.82, 2.24) is 10.2 Å². The number of nitrogens with zero attached hydrogens (tertiary/aromatic N) is 2. The van der Waals surface area contributed by atoms with E-state index in [9.17, 15) is 18.8 Å². The Hall–Kier alpha value is -3.42. The van der Waals surface area contributed by atoms with Crippen LogP contribution < -0.4 is 15.5 Å². The molecule has 0 aromatic heterocycles. The number of carbonyl (C=O) groups excluding carboxylic acids is 3. The lowest BCUT2D eigenvalue weighted by molar-refractivity contribution is -0.133. The molecule has 0 bridgehead atoms. The van der Waals surface area contributed by atoms with Crippen molar-refractivity contribution >= 4 is 29.2 Å². The van der Waals surface area contributed by atoms with Crippen molar-refractivity contribution in [3.63, 3.8) is 0 Å². The Morgan fingerprint density at radius 2 is 1.68 bits per heavy atom. The summed E-state index contributed by atoms with van der Waals surface area (Å²) in [5.41, 5.74) is 0.811. The second-order valence-corrected chi connectivity index (χ2v) is 8.10. The van der Waals surface area contributed by atoms with Gasteiger partial charge in [-0.05, 0) is 68.1 Å². The van der Waals surface area contributed by atoms with E-state index in [-0.39, 0.29) is 0 Å². The second kappa shape index (κ2) is 8.37. The molecule has 2 aliphatic rings. The van der Waals surface area contributed by atoms with Crippen LogP contribution in [-0.2, 0) is 15.1 Å². The van der Waals surface area contributed by atoms with Crippen LogP contribution in [0.2, 0.25) is 0 Å². The van der Waals surface area contributed by atoms with Crippen molar-refractivity contribution in [2.24, 2.45) is 0 Å². The van der Waals surface area contributed by atoms with E-state index in [0.717, 1.165) is 23.7 Å². The fraction of sp³-hybridized carbons (Fsp3) is 0.348. The van der Waals surface area contributed by atoms with E-state index in [1.807, 2.05) is 24.3 Å². The molecule has 0 spiro atoms. The number of anilines is 2. The molecule has 2 fully saturated rings. The fourth-order valence-corrected chi connectivity index (χ4v) is 4.07. The SMILES string of the molecule is CC1(c2ccc(F)cc2)NC(=O)N(CC(=O)Nc2ccc(N3CCCCC3)cc2)C1=O. The quantitative estimate of drug-likeness (QED) is 0.722. The monoisotopic (exact) mass is 424 g/mol. The van der Waals surface area contributed by atoms with Crippen LogP contribution in [0.15, 0.2) is 48.5 Å². The lowest BCUT2D eigenvalue weighted by Crippen LogP contribution is -2.42. The van der Waals surface area contributed by atoms with Gasteiger partial charge < -0.3 is 15.5 Å². The second-order valence-electron chi connectivity index (χ2n) is 8.10. The number of carbonyl (C=O) groups is 3. The highest BCUT2D eigenvalue weighted by atomic mass is 19.1. The van der Waals surface area contributed by atoms with Crippen LogP contribution in [0.4, 0.5) is 20.6 Å². The first-order chi connectivity index (χ1) is 14.9. The molecule has 2 heterocycles. The molecule has 1 unspecified atom stereocenters. The van der Waals surface area contributed by atoms with Crippen LogP contribution in [0.5, 0.6) is 0 Å². The fourth-order valence-electron chi connectivity index (χ4n) is 4.07. The zero-order valence-corrected chi connectivity index (χ0v) is 17.4. The van der Waals surface area contributed by atoms with Crippen LogP contribution in [0.3, 0.4) is 0 Å². The van der Waals surface area contributed by atoms with Gasteiger partial charge in [-0.25, -0.2) is 9.18 Å². The number of rotatable bonds is 5. The minimum absolute atomic E-state index is 0.407. The molecule has 4 amide bonds. The Balaban J connectivity index is 1.39. The summed E-state index contributed by atoms with van der Waals surface area (Å²) in [5.74, 6) is -1.47. The minimum atomic E-state index is -1.35. The average molecular weight is 424 g/mol. The van der Waals surface area contributed by atoms with E-state index in [2.05, 4.69) is 15.5 Å². The zero-order chi connectivity index (χ0) is 22.0. The van der Waals surface area contributed by atoms with E-state index in [1.54, 1.807) is 0 Å². The Labute approximate surface area is 180 Å². The Morgan fingerprint density at radius 3 is 2.32 bits per heavy atom. The Bertz CT molecular complexity index is 987. The van der Waals surface area contributed by atoms with Crippen LogP contribution in [-0.4, -0.2) is 42.4 Å². The third kappa shape index (κ3) is 4.23. The largest absolute Gasteiger partial charge is 0.372 e. The Kier molecular flexibility index (Phi) is 5.63. The topological polar surface area (TPSA) is 81.8 Å². The number of amides is 4. The molecule has 2 N–H and O–H groups in total. The molecular formula is C23H25FN4O3. The summed E-state index contributed by atoms with van der Waals surface area (Å²) in [6.45, 7) is 3.20. The maximum Gasteiger partial charge on any atom is 0.325 e. The summed E-state index contributed by atoms with van der Waals surface area (Å²) in [5, 5.41) is 5.34. The molecule has 2 aromatic rings. The van der Waals surface area contributed by atoms with Gasteiger partial charge >= 0.3 is 6.03 Å². The van der Waals surface area contributed by atoms with Crippen molar-refractivity contribution < 1.29 is 18.8 Å². The molecule has 2 saturated heterocycles. The normalized spacial score (nSPS) is 21.2. The molecule has 0 aliphatic carbocycles. The van der Waals surface area contributed by atoms with Crippen molar-refractivity contribution in [3.05, 3.63) is 59.9 Å². The van der Waals surface area contributed by atoms with E-state index >= 15 is 0 Å². The minimum Gasteiger partial charge on any atom is -0.372 e. The predicted molar refractivity (Wildman–Crippen MR) is 115 cm³/mol. The van der Waals surface area contributed by atoms with Crippen LogP contribution in [0, 0.1) is 5.82 Å². The molecule has 0 radical (unpaired) electrons. The standard InChI is InChI=1S/C23H25FN4O3/c1-23(16-5-7-17(24)8-6-16)21(30)28(22(31)26-23)15-20(29)25-18-9-11-19(12-10-18)27-13-3-2-4-14-27/h5-12H,2-4,13-15H2,1H3,(H,25,29)(H,26,31). The molecule has 0 saturated carbocycles. The smallest absolute Gasteiger partial charge is 0.325 e. The first-order valence-electron chi connectivity index (χ1n) is 10.4. The third-order valence-electron chi connectivity index (χ3n) is 5.87. The predicted octanol–water partition coefficient (Wildman–Crippen LogP) is 3.22. The van der Waals surface area contributed by atoms with Gasteiger partial charge in [-0.1, -0.05) is 12.1 Å². The van der Waals surface area contributed by atoms with E-state index < -0.39 is 35.7 Å². The molecule has 8 heteroatoms. The highest BCUT2D eigenvalue weighted by Crippen LogP contribution is 2.29. The van der Waals surface area contributed by atoms with Gasteiger partial charge in [-0.2, -0.15) is 0 Å². The lowest BCUT2D eigenvalue weighted by atomic mass is 9.92. The summed E-state index contributed by atoms with van der Waals surface area (Å²) in [4.78, 5) is 41.0. The number of urea groups is 1. The summed E-state index contributed by atoms with van der Waals surface area (Å²) >= 11 is 0. The van der Waals surface area contributed by atoms with Gasteiger partial charge in [0.25, 0.3) is 5.91 Å². The highest BCUT2D eigenvalue weighted by molar-refractivity contribution is 6.10. The number of benzene rings is 2. The number of hydrogen-bond donors (Lipinski definition) is 2. The lowest BCUT2D eigenvalue weighted by Gasteiger charge is -2.28. The number of imide groups is 1. The van der Waals surface area contributed by atoms with E-state index in [0.29, 0.717) is 11.3 Å². The first kappa shape index (κ1) is 20.8. The third-order valence-corrected chi connectivity index (χ3v) is 5.87. The van der Waals surface area contributed by atoms with Gasteiger partial charge in [0.1, 0.15) is 17.9 Å². The molecule has 162 valence electrons. The summed E-state index contributed by atoms with van der Waals surface area (Å²) in [6, 6.07) is 12.2. The molecule has 4 rings (SSSR count). The van der Waals surface area contributed by atoms with Gasteiger partial charge in [0.15, 0.2) is 0 Å². The molecular weight excluding hydrogens is 399 g/mol. The number of piperidine rings is 1. The highest BCUT2D eigenvalue weighted by Gasteiger charge is 2.49. The Morgan fingerprint density at radius 1 is 1.03 bits per heavy atom. The first-order valence-corrected chi connectivity index (χ1v) is 10.4. The molecule has 2 aliphatic heterocycles. The van der Waals surface area contributed by atoms with E-state index in [1.165, 1.54) is 50.5 Å². The summed E-state index contributed by atoms with van der Waals surface area (Å²) in [6.07, 6.45) is 3.62. The van der Waals surface area contributed by atoms with E-state index in [4.69, 9.17) is 0 Å². The van der Waals surface area contributed by atoms with Gasteiger partial charge in [-0.3, -0.25) is 14.5 Å². The van der Waals surface area contributed by atoms with Crippen molar-refractivity contribution in [3.8, 4) is 0 Å². The molecule has 2 aromatic carbocycles. The molecule has 31 heavy (non-hydrogen) atoms. The maximum atomic E-state index is 13.2. The van der Waals surface area contributed by atoms with Gasteiger partial charge in [-0.15, -0.1) is 0 Å². The number of nitrogens with one attached hydrogen (secondary N) is 2. The maximum absolute atomic E-state index is 13.2. The van der Waals surface area contributed by atoms with Crippen molar-refractivity contribution in [2.45, 2.75) is 31.7 Å². The van der Waals surface area contributed by atoms with Crippen LogP contribution >= 0.6 is 0 Å².